The molecule has 2 aliphatic heterocycles. The highest BCUT2D eigenvalue weighted by Crippen LogP contribution is 2.40. The van der Waals surface area contributed by atoms with Gasteiger partial charge in [0.1, 0.15) is 5.76 Å². The molecule has 186 valence electrons. The normalized spacial score (nSPS) is 26.1. The molecule has 0 radical (unpaired) electrons. The number of aromatic nitrogens is 1. The van der Waals surface area contributed by atoms with Gasteiger partial charge >= 0.3 is 0 Å². The molecule has 2 atom stereocenters. The largest absolute Gasteiger partial charge is 0.383 e. The van der Waals surface area contributed by atoms with E-state index in [1.807, 2.05) is 6.92 Å². The number of rotatable bonds is 9. The molecule has 3 heterocycles. The van der Waals surface area contributed by atoms with Gasteiger partial charge in [0, 0.05) is 63.4 Å². The van der Waals surface area contributed by atoms with Crippen LogP contribution in [-0.4, -0.2) is 98.1 Å². The topological polar surface area (TPSA) is 108 Å². The molecule has 11 heteroatoms. The fourth-order valence-corrected chi connectivity index (χ4v) is 6.77. The van der Waals surface area contributed by atoms with E-state index in [-0.39, 0.29) is 18.0 Å². The third kappa shape index (κ3) is 5.76. The molecule has 1 N–H and O–H groups in total. The molecule has 0 bridgehead atoms. The zero-order chi connectivity index (χ0) is 23.6. The second kappa shape index (κ2) is 10.4. The highest BCUT2D eigenvalue weighted by Gasteiger charge is 2.39. The summed E-state index contributed by atoms with van der Waals surface area (Å²) in [6, 6.07) is 1.84. The van der Waals surface area contributed by atoms with Crippen molar-refractivity contribution in [2.24, 2.45) is 0 Å². The molecular weight excluding hydrogens is 446 g/mol. The summed E-state index contributed by atoms with van der Waals surface area (Å²) in [7, 11) is 0.242. The number of carbonyl (C=O) groups excluding carboxylic acids is 1. The third-order valence-electron chi connectivity index (χ3n) is 7.21. The van der Waals surface area contributed by atoms with E-state index >= 15 is 0 Å². The van der Waals surface area contributed by atoms with Gasteiger partial charge in [-0.2, -0.15) is 17.0 Å². The Hall–Kier alpha value is -1.53. The minimum atomic E-state index is -3.52. The Kier molecular flexibility index (Phi) is 7.74. The van der Waals surface area contributed by atoms with Gasteiger partial charge in [-0.15, -0.1) is 0 Å². The number of hydrogen-bond donors (Lipinski definition) is 1. The van der Waals surface area contributed by atoms with Gasteiger partial charge in [-0.3, -0.25) is 4.79 Å². The lowest BCUT2D eigenvalue weighted by molar-refractivity contribution is 0.0901. The summed E-state index contributed by atoms with van der Waals surface area (Å²) in [6.45, 7) is 4.90. The van der Waals surface area contributed by atoms with Crippen LogP contribution in [0.2, 0.25) is 0 Å². The molecule has 4 rings (SSSR count). The molecule has 1 saturated carbocycles. The van der Waals surface area contributed by atoms with E-state index in [0.717, 1.165) is 38.0 Å². The smallest absolute Gasteiger partial charge is 0.282 e. The maximum absolute atomic E-state index is 13.3. The van der Waals surface area contributed by atoms with Gasteiger partial charge in [0.25, 0.3) is 16.1 Å². The zero-order valence-electron chi connectivity index (χ0n) is 19.9. The van der Waals surface area contributed by atoms with Crippen molar-refractivity contribution >= 4 is 16.1 Å². The third-order valence-corrected chi connectivity index (χ3v) is 9.36. The predicted octanol–water partition coefficient (Wildman–Crippen LogP) is 1.42. The number of carbonyl (C=O) groups is 1. The van der Waals surface area contributed by atoms with Gasteiger partial charge in [-0.05, 0) is 52.5 Å². The molecule has 1 amide bonds. The first-order chi connectivity index (χ1) is 15.8. The average Bonchev–Trinajstić information content (AvgIpc) is 3.53. The van der Waals surface area contributed by atoms with Gasteiger partial charge in [0.05, 0.1) is 6.61 Å². The van der Waals surface area contributed by atoms with Gasteiger partial charge in [0.15, 0.2) is 5.69 Å². The van der Waals surface area contributed by atoms with Crippen LogP contribution in [0, 0.1) is 0 Å². The van der Waals surface area contributed by atoms with Crippen LogP contribution in [0.15, 0.2) is 10.6 Å². The molecular formula is C22H37N5O5S. The van der Waals surface area contributed by atoms with Crippen LogP contribution in [0.1, 0.15) is 67.6 Å². The van der Waals surface area contributed by atoms with Crippen LogP contribution in [-0.2, 0) is 14.9 Å². The van der Waals surface area contributed by atoms with E-state index in [1.165, 1.54) is 0 Å². The fraction of sp³-hybridized carbons (Fsp3) is 0.818. The number of piperidine rings is 2. The number of amides is 1. The Balaban J connectivity index is 1.27. The summed E-state index contributed by atoms with van der Waals surface area (Å²) in [6.07, 6.45) is 4.97. The summed E-state index contributed by atoms with van der Waals surface area (Å²) >= 11 is 0. The number of nitrogens with zero attached hydrogens (tertiary/aromatic N) is 4. The van der Waals surface area contributed by atoms with Crippen molar-refractivity contribution in [1.29, 1.82) is 0 Å². The number of nitrogens with one attached hydrogen (secondary N) is 1. The van der Waals surface area contributed by atoms with Gasteiger partial charge in [-0.25, -0.2) is 0 Å². The molecule has 0 unspecified atom stereocenters. The first-order valence-corrected chi connectivity index (χ1v) is 13.4. The van der Waals surface area contributed by atoms with Gasteiger partial charge in [-0.1, -0.05) is 5.16 Å². The number of likely N-dealkylation sites (N-methyl/N-ethyl adjacent to an activating group) is 1. The minimum absolute atomic E-state index is 0.0832. The summed E-state index contributed by atoms with van der Waals surface area (Å²) in [5.41, 5.74) is 0.304. The standard InChI is InChI=1S/C22H37N5O5S/c1-16-14-18(23-22(28)20-15-21(32-24-20)17-4-5-17)6-11-27(16)33(29,30)26-9-7-19(8-10-26)25(2)12-13-31-3/h15-19H,4-14H2,1-3H3,(H,23,28)/t16-,18-/m0/s1. The van der Waals surface area contributed by atoms with Crippen molar-refractivity contribution in [3.05, 3.63) is 17.5 Å². The van der Waals surface area contributed by atoms with Crippen molar-refractivity contribution in [2.45, 2.75) is 69.5 Å². The maximum Gasteiger partial charge on any atom is 0.282 e. The first kappa shape index (κ1) is 24.6. The van der Waals surface area contributed by atoms with E-state index in [0.29, 0.717) is 56.7 Å². The second-order valence-corrected chi connectivity index (χ2v) is 11.5. The van der Waals surface area contributed by atoms with E-state index in [1.54, 1.807) is 21.8 Å². The molecule has 1 aromatic rings. The highest BCUT2D eigenvalue weighted by atomic mass is 32.2. The van der Waals surface area contributed by atoms with E-state index < -0.39 is 10.2 Å². The quantitative estimate of drug-likeness (QED) is 0.566. The number of ether oxygens (including phenoxy) is 1. The van der Waals surface area contributed by atoms with Crippen LogP contribution in [0.3, 0.4) is 0 Å². The SMILES string of the molecule is COCCN(C)C1CCN(S(=O)(=O)N2CC[C@H](NC(=O)c3cc(C4CC4)on3)C[C@@H]2C)CC1. The molecule has 0 spiro atoms. The minimum Gasteiger partial charge on any atom is -0.383 e. The lowest BCUT2D eigenvalue weighted by Gasteiger charge is -2.42. The monoisotopic (exact) mass is 483 g/mol. The van der Waals surface area contributed by atoms with Crippen molar-refractivity contribution in [2.75, 3.05) is 46.9 Å². The molecule has 2 saturated heterocycles. The van der Waals surface area contributed by atoms with Crippen LogP contribution >= 0.6 is 0 Å². The molecule has 1 aromatic heterocycles. The Morgan fingerprint density at radius 3 is 2.61 bits per heavy atom. The molecule has 10 nitrogen and oxygen atoms in total. The Morgan fingerprint density at radius 2 is 1.97 bits per heavy atom. The van der Waals surface area contributed by atoms with E-state index in [9.17, 15) is 13.2 Å². The zero-order valence-corrected chi connectivity index (χ0v) is 20.7. The molecule has 3 fully saturated rings. The average molecular weight is 484 g/mol. The summed E-state index contributed by atoms with van der Waals surface area (Å²) in [5, 5.41) is 6.91. The molecule has 1 aliphatic carbocycles. The summed E-state index contributed by atoms with van der Waals surface area (Å²) in [5.74, 6) is 0.935. The summed E-state index contributed by atoms with van der Waals surface area (Å²) < 4.78 is 40.3. The van der Waals surface area contributed by atoms with Crippen LogP contribution in [0.4, 0.5) is 0 Å². The van der Waals surface area contributed by atoms with Crippen molar-refractivity contribution in [3.63, 3.8) is 0 Å². The second-order valence-electron chi connectivity index (χ2n) is 9.65. The van der Waals surface area contributed by atoms with Crippen LogP contribution < -0.4 is 5.32 Å². The van der Waals surface area contributed by atoms with Gasteiger partial charge in [0.2, 0.25) is 0 Å². The number of hydrogen-bond acceptors (Lipinski definition) is 7. The number of methoxy groups -OCH3 is 1. The van der Waals surface area contributed by atoms with Crippen molar-refractivity contribution in [1.82, 2.24) is 24.0 Å². The Bertz CT molecular complexity index is 910. The van der Waals surface area contributed by atoms with Crippen molar-refractivity contribution < 1.29 is 22.5 Å². The Morgan fingerprint density at radius 1 is 1.24 bits per heavy atom. The van der Waals surface area contributed by atoms with E-state index in [2.05, 4.69) is 22.4 Å². The lowest BCUT2D eigenvalue weighted by atomic mass is 10.0. The lowest BCUT2D eigenvalue weighted by Crippen LogP contribution is -2.56. The predicted molar refractivity (Wildman–Crippen MR) is 123 cm³/mol. The van der Waals surface area contributed by atoms with E-state index in [4.69, 9.17) is 9.26 Å². The van der Waals surface area contributed by atoms with Crippen LogP contribution in [0.5, 0.6) is 0 Å². The van der Waals surface area contributed by atoms with Crippen LogP contribution in [0.25, 0.3) is 0 Å². The molecule has 3 aliphatic rings. The first-order valence-electron chi connectivity index (χ1n) is 12.0. The fourth-order valence-electron chi connectivity index (χ4n) is 4.92. The molecule has 33 heavy (non-hydrogen) atoms. The highest BCUT2D eigenvalue weighted by molar-refractivity contribution is 7.86. The maximum atomic E-state index is 13.3. The Labute approximate surface area is 196 Å². The molecule has 0 aromatic carbocycles. The summed E-state index contributed by atoms with van der Waals surface area (Å²) in [4.78, 5) is 14.8. The van der Waals surface area contributed by atoms with Gasteiger partial charge < -0.3 is 19.5 Å². The van der Waals surface area contributed by atoms with Crippen molar-refractivity contribution in [3.8, 4) is 0 Å².